The van der Waals surface area contributed by atoms with Gasteiger partial charge >= 0.3 is 0 Å². The van der Waals surface area contributed by atoms with Crippen molar-refractivity contribution in [3.63, 3.8) is 0 Å². The van der Waals surface area contributed by atoms with Gasteiger partial charge in [0.1, 0.15) is 17.5 Å². The highest BCUT2D eigenvalue weighted by Gasteiger charge is 2.10. The van der Waals surface area contributed by atoms with Gasteiger partial charge in [-0.15, -0.1) is 0 Å². The summed E-state index contributed by atoms with van der Waals surface area (Å²) in [7, 11) is 1.83. The van der Waals surface area contributed by atoms with E-state index in [9.17, 15) is 8.78 Å². The SMILES string of the molecule is Cn1cc(-c2cccc(F)c2)nc1-c1cccc(F)c1. The molecule has 0 saturated heterocycles. The van der Waals surface area contributed by atoms with E-state index in [1.165, 1.54) is 24.3 Å². The fraction of sp³-hybridized carbons (Fsp3) is 0.0625. The molecule has 0 spiro atoms. The molecule has 0 saturated carbocycles. The molecule has 0 amide bonds. The lowest BCUT2D eigenvalue weighted by molar-refractivity contribution is 0.628. The van der Waals surface area contributed by atoms with E-state index in [1.54, 1.807) is 35.0 Å². The quantitative estimate of drug-likeness (QED) is 0.687. The average molecular weight is 270 g/mol. The van der Waals surface area contributed by atoms with Crippen LogP contribution in [0.4, 0.5) is 8.78 Å². The van der Waals surface area contributed by atoms with Crippen LogP contribution >= 0.6 is 0 Å². The van der Waals surface area contributed by atoms with Crippen LogP contribution in [0.15, 0.2) is 54.7 Å². The van der Waals surface area contributed by atoms with Crippen LogP contribution in [0.1, 0.15) is 0 Å². The second-order valence-electron chi connectivity index (χ2n) is 4.58. The van der Waals surface area contributed by atoms with E-state index in [4.69, 9.17) is 0 Å². The molecule has 0 fully saturated rings. The lowest BCUT2D eigenvalue weighted by Crippen LogP contribution is -1.91. The standard InChI is InChI=1S/C16H12F2N2/c1-20-10-15(11-4-2-6-13(17)8-11)19-16(20)12-5-3-7-14(18)9-12/h2-10H,1H3. The number of halogens is 2. The van der Waals surface area contributed by atoms with Gasteiger partial charge in [0.05, 0.1) is 5.69 Å². The van der Waals surface area contributed by atoms with E-state index in [0.717, 1.165) is 0 Å². The Morgan fingerprint density at radius 2 is 1.50 bits per heavy atom. The Morgan fingerprint density at radius 3 is 2.15 bits per heavy atom. The number of hydrogen-bond donors (Lipinski definition) is 0. The van der Waals surface area contributed by atoms with Gasteiger partial charge in [-0.25, -0.2) is 13.8 Å². The predicted molar refractivity (Wildman–Crippen MR) is 74.0 cm³/mol. The fourth-order valence-corrected chi connectivity index (χ4v) is 2.15. The normalized spacial score (nSPS) is 10.8. The second kappa shape index (κ2) is 4.89. The van der Waals surface area contributed by atoms with Gasteiger partial charge in [-0.2, -0.15) is 0 Å². The largest absolute Gasteiger partial charge is 0.333 e. The third-order valence-electron chi connectivity index (χ3n) is 3.08. The summed E-state index contributed by atoms with van der Waals surface area (Å²) >= 11 is 0. The van der Waals surface area contributed by atoms with Crippen molar-refractivity contribution in [2.24, 2.45) is 7.05 Å². The zero-order valence-electron chi connectivity index (χ0n) is 10.8. The summed E-state index contributed by atoms with van der Waals surface area (Å²) in [5, 5.41) is 0. The minimum Gasteiger partial charge on any atom is -0.333 e. The molecule has 4 heteroatoms. The lowest BCUT2D eigenvalue weighted by Gasteiger charge is -2.00. The fourth-order valence-electron chi connectivity index (χ4n) is 2.15. The average Bonchev–Trinajstić information content (AvgIpc) is 2.81. The topological polar surface area (TPSA) is 17.8 Å². The van der Waals surface area contributed by atoms with Gasteiger partial charge in [0.15, 0.2) is 0 Å². The number of aromatic nitrogens is 2. The minimum atomic E-state index is -0.308. The summed E-state index contributed by atoms with van der Waals surface area (Å²) in [5.41, 5.74) is 2.05. The molecule has 2 nitrogen and oxygen atoms in total. The summed E-state index contributed by atoms with van der Waals surface area (Å²) in [6, 6.07) is 12.5. The van der Waals surface area contributed by atoms with Crippen LogP contribution in [0.3, 0.4) is 0 Å². The smallest absolute Gasteiger partial charge is 0.140 e. The molecule has 0 atom stereocenters. The van der Waals surface area contributed by atoms with Gasteiger partial charge in [0, 0.05) is 24.4 Å². The first-order chi connectivity index (χ1) is 9.63. The number of rotatable bonds is 2. The molecular formula is C16H12F2N2. The van der Waals surface area contributed by atoms with Gasteiger partial charge in [0.2, 0.25) is 0 Å². The molecule has 0 aliphatic carbocycles. The van der Waals surface area contributed by atoms with Crippen molar-refractivity contribution in [3.8, 4) is 22.6 Å². The molecule has 100 valence electrons. The second-order valence-corrected chi connectivity index (χ2v) is 4.58. The maximum Gasteiger partial charge on any atom is 0.140 e. The maximum atomic E-state index is 13.3. The van der Waals surface area contributed by atoms with Crippen molar-refractivity contribution in [3.05, 3.63) is 66.4 Å². The van der Waals surface area contributed by atoms with Crippen molar-refractivity contribution in [2.45, 2.75) is 0 Å². The first kappa shape index (κ1) is 12.5. The Hall–Kier alpha value is -2.49. The lowest BCUT2D eigenvalue weighted by atomic mass is 10.2. The molecule has 1 heterocycles. The van der Waals surface area contributed by atoms with E-state index < -0.39 is 0 Å². The van der Waals surface area contributed by atoms with Crippen LogP contribution in [0.5, 0.6) is 0 Å². The van der Waals surface area contributed by atoms with E-state index in [-0.39, 0.29) is 11.6 Å². The monoisotopic (exact) mass is 270 g/mol. The molecule has 3 rings (SSSR count). The van der Waals surface area contributed by atoms with Crippen molar-refractivity contribution in [2.75, 3.05) is 0 Å². The molecule has 0 aliphatic heterocycles. The molecular weight excluding hydrogens is 258 g/mol. The van der Waals surface area contributed by atoms with Gasteiger partial charge in [-0.1, -0.05) is 24.3 Å². The van der Waals surface area contributed by atoms with Gasteiger partial charge < -0.3 is 4.57 Å². The third kappa shape index (κ3) is 2.32. The Morgan fingerprint density at radius 1 is 0.900 bits per heavy atom. The summed E-state index contributed by atoms with van der Waals surface area (Å²) < 4.78 is 28.3. The van der Waals surface area contributed by atoms with E-state index in [0.29, 0.717) is 22.6 Å². The number of aryl methyl sites for hydroxylation is 1. The first-order valence-corrected chi connectivity index (χ1v) is 6.19. The Labute approximate surface area is 115 Å². The Bertz CT molecular complexity index is 763. The Kier molecular flexibility index (Phi) is 3.06. The molecule has 0 radical (unpaired) electrons. The number of hydrogen-bond acceptors (Lipinski definition) is 1. The summed E-state index contributed by atoms with van der Waals surface area (Å²) in [5.74, 6) is 0.0297. The third-order valence-corrected chi connectivity index (χ3v) is 3.08. The zero-order valence-corrected chi connectivity index (χ0v) is 10.8. The van der Waals surface area contributed by atoms with Crippen molar-refractivity contribution < 1.29 is 8.78 Å². The molecule has 3 aromatic rings. The van der Waals surface area contributed by atoms with E-state index in [2.05, 4.69) is 4.98 Å². The molecule has 0 N–H and O–H groups in total. The van der Waals surface area contributed by atoms with Crippen molar-refractivity contribution in [1.29, 1.82) is 0 Å². The summed E-state index contributed by atoms with van der Waals surface area (Å²) in [6.07, 6.45) is 1.80. The minimum absolute atomic E-state index is 0.305. The van der Waals surface area contributed by atoms with Crippen LogP contribution in [-0.2, 0) is 7.05 Å². The van der Waals surface area contributed by atoms with Gasteiger partial charge in [-0.3, -0.25) is 0 Å². The van der Waals surface area contributed by atoms with Crippen LogP contribution in [0.25, 0.3) is 22.6 Å². The van der Waals surface area contributed by atoms with Gasteiger partial charge in [0.25, 0.3) is 0 Å². The summed E-state index contributed by atoms with van der Waals surface area (Å²) in [4.78, 5) is 4.46. The maximum absolute atomic E-state index is 13.3. The highest BCUT2D eigenvalue weighted by molar-refractivity contribution is 5.65. The molecule has 0 unspecified atom stereocenters. The highest BCUT2D eigenvalue weighted by Crippen LogP contribution is 2.24. The molecule has 0 bridgehead atoms. The zero-order chi connectivity index (χ0) is 14.1. The first-order valence-electron chi connectivity index (χ1n) is 6.19. The van der Waals surface area contributed by atoms with E-state index >= 15 is 0 Å². The van der Waals surface area contributed by atoms with Crippen LogP contribution < -0.4 is 0 Å². The molecule has 0 aliphatic rings. The molecule has 2 aromatic carbocycles. The van der Waals surface area contributed by atoms with Crippen LogP contribution in [-0.4, -0.2) is 9.55 Å². The van der Waals surface area contributed by atoms with Crippen LogP contribution in [0.2, 0.25) is 0 Å². The van der Waals surface area contributed by atoms with Gasteiger partial charge in [-0.05, 0) is 24.3 Å². The molecule has 1 aromatic heterocycles. The Balaban J connectivity index is 2.08. The van der Waals surface area contributed by atoms with Crippen LogP contribution in [0, 0.1) is 11.6 Å². The number of nitrogens with zero attached hydrogens (tertiary/aromatic N) is 2. The number of imidazole rings is 1. The molecule has 20 heavy (non-hydrogen) atoms. The van der Waals surface area contributed by atoms with Crippen molar-refractivity contribution >= 4 is 0 Å². The van der Waals surface area contributed by atoms with E-state index in [1.807, 2.05) is 7.05 Å². The predicted octanol–water partition coefficient (Wildman–Crippen LogP) is 4.03. The van der Waals surface area contributed by atoms with Crippen molar-refractivity contribution in [1.82, 2.24) is 9.55 Å². The highest BCUT2D eigenvalue weighted by atomic mass is 19.1. The number of benzene rings is 2. The summed E-state index contributed by atoms with van der Waals surface area (Å²) in [6.45, 7) is 0.